The van der Waals surface area contributed by atoms with Crippen LogP contribution in [-0.2, 0) is 24.8 Å². The predicted octanol–water partition coefficient (Wildman–Crippen LogP) is 2.74. The van der Waals surface area contributed by atoms with Crippen LogP contribution in [0.4, 0.5) is 5.69 Å². The molecule has 3 rings (SSSR count). The van der Waals surface area contributed by atoms with E-state index in [1.165, 1.54) is 34.6 Å². The highest BCUT2D eigenvalue weighted by Crippen LogP contribution is 2.28. The first-order valence-electron chi connectivity index (χ1n) is 10.1. The Morgan fingerprint density at radius 2 is 1.62 bits per heavy atom. The molecule has 0 unspecified atom stereocenters. The second-order valence-corrected chi connectivity index (χ2v) is 11.3. The summed E-state index contributed by atoms with van der Waals surface area (Å²) < 4.78 is 60.8. The number of hydrogen-bond acceptors (Lipinski definition) is 6. The third kappa shape index (κ3) is 5.40. The van der Waals surface area contributed by atoms with Gasteiger partial charge in [0.15, 0.2) is 6.61 Å². The van der Waals surface area contributed by atoms with Crippen LogP contribution in [0.25, 0.3) is 0 Å². The summed E-state index contributed by atoms with van der Waals surface area (Å²) in [4.78, 5) is 10.7. The zero-order valence-corrected chi connectivity index (χ0v) is 19.5. The van der Waals surface area contributed by atoms with E-state index in [0.29, 0.717) is 24.2 Å². The number of aliphatic carboxylic acids is 1. The Bertz CT molecular complexity index is 1220. The molecule has 1 saturated heterocycles. The first-order chi connectivity index (χ1) is 15.0. The molecular formula is C21H26N2O7S2. The molecule has 32 heavy (non-hydrogen) atoms. The van der Waals surface area contributed by atoms with Gasteiger partial charge in [0.2, 0.25) is 10.0 Å². The third-order valence-corrected chi connectivity index (χ3v) is 8.47. The summed E-state index contributed by atoms with van der Waals surface area (Å²) in [6.45, 7) is 3.65. The van der Waals surface area contributed by atoms with E-state index in [1.54, 1.807) is 19.9 Å². The SMILES string of the molecule is Cc1ccc(S(=O)(=O)N2CCCCC2)cc1NS(=O)(=O)c1ccc(OCC(=O)O)c(C)c1. The number of carboxylic acid groups (broad SMARTS) is 1. The van der Waals surface area contributed by atoms with Crippen molar-refractivity contribution in [2.45, 2.75) is 42.9 Å². The van der Waals surface area contributed by atoms with Crippen LogP contribution in [0.3, 0.4) is 0 Å². The highest BCUT2D eigenvalue weighted by molar-refractivity contribution is 7.92. The lowest BCUT2D eigenvalue weighted by Crippen LogP contribution is -2.35. The third-order valence-electron chi connectivity index (χ3n) is 5.21. The molecule has 0 aromatic heterocycles. The number of nitrogens with one attached hydrogen (secondary N) is 1. The maximum atomic E-state index is 13.0. The van der Waals surface area contributed by atoms with E-state index in [4.69, 9.17) is 9.84 Å². The fraction of sp³-hybridized carbons (Fsp3) is 0.381. The van der Waals surface area contributed by atoms with E-state index in [-0.39, 0.29) is 21.2 Å². The first kappa shape index (κ1) is 24.0. The molecule has 0 bridgehead atoms. The molecule has 0 amide bonds. The van der Waals surface area contributed by atoms with Gasteiger partial charge in [0, 0.05) is 13.1 Å². The van der Waals surface area contributed by atoms with Gasteiger partial charge in [0.1, 0.15) is 5.75 Å². The number of nitrogens with zero attached hydrogens (tertiary/aromatic N) is 1. The minimum absolute atomic E-state index is 0.0382. The van der Waals surface area contributed by atoms with E-state index < -0.39 is 32.6 Å². The largest absolute Gasteiger partial charge is 0.482 e. The number of hydrogen-bond donors (Lipinski definition) is 2. The summed E-state index contributed by atoms with van der Waals surface area (Å²) >= 11 is 0. The Balaban J connectivity index is 1.87. The van der Waals surface area contributed by atoms with Crippen molar-refractivity contribution >= 4 is 31.7 Å². The monoisotopic (exact) mass is 482 g/mol. The van der Waals surface area contributed by atoms with Gasteiger partial charge in [-0.1, -0.05) is 12.5 Å². The Kier molecular flexibility index (Phi) is 7.11. The number of aryl methyl sites for hydroxylation is 2. The number of sulfonamides is 2. The van der Waals surface area contributed by atoms with Crippen molar-refractivity contribution in [1.82, 2.24) is 4.31 Å². The fourth-order valence-electron chi connectivity index (χ4n) is 3.42. The molecular weight excluding hydrogens is 456 g/mol. The summed E-state index contributed by atoms with van der Waals surface area (Å²) in [6.07, 6.45) is 2.59. The minimum atomic E-state index is -4.02. The maximum absolute atomic E-state index is 13.0. The number of rotatable bonds is 8. The zero-order valence-electron chi connectivity index (χ0n) is 17.9. The van der Waals surface area contributed by atoms with Crippen LogP contribution in [0, 0.1) is 13.8 Å². The number of piperidine rings is 1. The van der Waals surface area contributed by atoms with E-state index in [2.05, 4.69) is 4.72 Å². The zero-order chi connectivity index (χ0) is 23.5. The summed E-state index contributed by atoms with van der Waals surface area (Å²) in [5, 5.41) is 8.73. The highest BCUT2D eigenvalue weighted by atomic mass is 32.2. The lowest BCUT2D eigenvalue weighted by atomic mass is 10.2. The van der Waals surface area contributed by atoms with Crippen molar-refractivity contribution < 1.29 is 31.5 Å². The number of anilines is 1. The van der Waals surface area contributed by atoms with Gasteiger partial charge in [-0.15, -0.1) is 0 Å². The predicted molar refractivity (Wildman–Crippen MR) is 119 cm³/mol. The molecule has 0 aliphatic carbocycles. The summed E-state index contributed by atoms with van der Waals surface area (Å²) in [6, 6.07) is 8.45. The molecule has 0 atom stereocenters. The average molecular weight is 483 g/mol. The first-order valence-corrected chi connectivity index (χ1v) is 13.0. The number of carbonyl (C=O) groups is 1. The highest BCUT2D eigenvalue weighted by Gasteiger charge is 2.27. The fourth-order valence-corrected chi connectivity index (χ4v) is 6.17. The number of carboxylic acids is 1. The summed E-state index contributed by atoms with van der Waals surface area (Å²) in [5.41, 5.74) is 1.20. The maximum Gasteiger partial charge on any atom is 0.341 e. The lowest BCUT2D eigenvalue weighted by molar-refractivity contribution is -0.139. The Labute approximate surface area is 188 Å². The second-order valence-electron chi connectivity index (χ2n) is 7.66. The van der Waals surface area contributed by atoms with Gasteiger partial charge < -0.3 is 9.84 Å². The van der Waals surface area contributed by atoms with Gasteiger partial charge in [0.05, 0.1) is 15.5 Å². The molecule has 1 heterocycles. The molecule has 2 aromatic rings. The molecule has 174 valence electrons. The average Bonchev–Trinajstić information content (AvgIpc) is 2.74. The molecule has 1 fully saturated rings. The Morgan fingerprint density at radius 1 is 0.969 bits per heavy atom. The van der Waals surface area contributed by atoms with Crippen LogP contribution in [0.15, 0.2) is 46.2 Å². The number of ether oxygens (including phenoxy) is 1. The van der Waals surface area contributed by atoms with Crippen molar-refractivity contribution in [2.24, 2.45) is 0 Å². The molecule has 1 aliphatic heterocycles. The van der Waals surface area contributed by atoms with Crippen LogP contribution in [0.2, 0.25) is 0 Å². The van der Waals surface area contributed by atoms with E-state index in [0.717, 1.165) is 19.3 Å². The standard InChI is InChI=1S/C21H26N2O7S2/c1-15-6-7-18(32(28,29)23-10-4-3-5-11-23)13-19(15)22-31(26,27)17-8-9-20(16(2)12-17)30-14-21(24)25/h6-9,12-13,22H,3-5,10-11,14H2,1-2H3,(H,24,25). The van der Waals surface area contributed by atoms with Crippen molar-refractivity contribution in [3.8, 4) is 5.75 Å². The summed E-state index contributed by atoms with van der Waals surface area (Å²) in [7, 11) is -7.74. The summed E-state index contributed by atoms with van der Waals surface area (Å²) in [5.74, 6) is -0.880. The van der Waals surface area contributed by atoms with Crippen LogP contribution < -0.4 is 9.46 Å². The van der Waals surface area contributed by atoms with Gasteiger partial charge in [0.25, 0.3) is 10.0 Å². The molecule has 9 nitrogen and oxygen atoms in total. The minimum Gasteiger partial charge on any atom is -0.482 e. The molecule has 2 N–H and O–H groups in total. The normalized spacial score (nSPS) is 15.3. The van der Waals surface area contributed by atoms with Gasteiger partial charge in [-0.3, -0.25) is 4.72 Å². The van der Waals surface area contributed by atoms with Crippen LogP contribution >= 0.6 is 0 Å². The van der Waals surface area contributed by atoms with E-state index in [1.807, 2.05) is 0 Å². The van der Waals surface area contributed by atoms with E-state index >= 15 is 0 Å². The Hall–Kier alpha value is -2.63. The van der Waals surface area contributed by atoms with Crippen LogP contribution in [-0.4, -0.2) is 51.9 Å². The van der Waals surface area contributed by atoms with Crippen LogP contribution in [0.1, 0.15) is 30.4 Å². The molecule has 11 heteroatoms. The number of benzene rings is 2. The lowest BCUT2D eigenvalue weighted by Gasteiger charge is -2.26. The Morgan fingerprint density at radius 3 is 2.25 bits per heavy atom. The second kappa shape index (κ2) is 9.47. The van der Waals surface area contributed by atoms with Gasteiger partial charge in [-0.2, -0.15) is 4.31 Å². The quantitative estimate of drug-likeness (QED) is 0.592. The van der Waals surface area contributed by atoms with Crippen molar-refractivity contribution in [3.63, 3.8) is 0 Å². The van der Waals surface area contributed by atoms with Gasteiger partial charge >= 0.3 is 5.97 Å². The van der Waals surface area contributed by atoms with Gasteiger partial charge in [-0.05, 0) is 68.1 Å². The molecule has 2 aromatic carbocycles. The molecule has 1 aliphatic rings. The topological polar surface area (TPSA) is 130 Å². The van der Waals surface area contributed by atoms with E-state index in [9.17, 15) is 21.6 Å². The molecule has 0 spiro atoms. The van der Waals surface area contributed by atoms with Gasteiger partial charge in [-0.25, -0.2) is 21.6 Å². The molecule has 0 saturated carbocycles. The molecule has 0 radical (unpaired) electrons. The van der Waals surface area contributed by atoms with Crippen molar-refractivity contribution in [2.75, 3.05) is 24.4 Å². The van der Waals surface area contributed by atoms with Crippen molar-refractivity contribution in [3.05, 3.63) is 47.5 Å². The van der Waals surface area contributed by atoms with Crippen molar-refractivity contribution in [1.29, 1.82) is 0 Å². The smallest absolute Gasteiger partial charge is 0.341 e. The van der Waals surface area contributed by atoms with Crippen LogP contribution in [0.5, 0.6) is 5.75 Å².